The third-order valence-electron chi connectivity index (χ3n) is 5.72. The predicted octanol–water partition coefficient (Wildman–Crippen LogP) is 3.21. The number of carbonyl (C=O) groups is 2. The molecule has 0 bridgehead atoms. The summed E-state index contributed by atoms with van der Waals surface area (Å²) in [6.07, 6.45) is 7.42. The Labute approximate surface area is 290 Å². The molecule has 3 unspecified atom stereocenters. The molecule has 0 fully saturated rings. The van der Waals surface area contributed by atoms with E-state index < -0.39 is 47.6 Å². The summed E-state index contributed by atoms with van der Waals surface area (Å²) < 4.78 is 57.1. The molecule has 0 aliphatic heterocycles. The van der Waals surface area contributed by atoms with Crippen LogP contribution in [-0.4, -0.2) is 42.5 Å². The molecular formula is C28H48KO10PS. The summed E-state index contributed by atoms with van der Waals surface area (Å²) in [6, 6.07) is 0. The van der Waals surface area contributed by atoms with Gasteiger partial charge in [-0.2, -0.15) is 9.05 Å². The molecule has 0 aliphatic rings. The standard InChI is InChI=1S/C28H49O10PS.K/c1-9-26(29)35-24(7)37-39(31,38-25(8)36-27(30)10-2)28(40(32,33)34)20-12-11-16-22(5)18-14-19-23(6)17-13-15-21(3)4;/h15-16,19,24-25,28H,9-14,17-18,20H2,1-8H3,(H,32,33,34);/q;+1/p-1/b22-16+,23-19+;. The molecule has 0 saturated carbocycles. The zero-order chi connectivity index (χ0) is 30.9. The molecule has 0 aromatic heterocycles. The molecule has 0 aliphatic carbocycles. The Morgan fingerprint density at radius 1 is 0.805 bits per heavy atom. The van der Waals surface area contributed by atoms with Gasteiger partial charge < -0.3 is 18.9 Å². The van der Waals surface area contributed by atoms with Crippen molar-refractivity contribution >= 4 is 30.0 Å². The molecule has 0 N–H and O–H groups in total. The molecule has 3 atom stereocenters. The Morgan fingerprint density at radius 3 is 1.61 bits per heavy atom. The maximum Gasteiger partial charge on any atom is 1.00 e. The number of ether oxygens (including phenoxy) is 2. The summed E-state index contributed by atoms with van der Waals surface area (Å²) in [4.78, 5) is 34.9. The molecular weight excluding hydrogens is 598 g/mol. The molecule has 0 heterocycles. The van der Waals surface area contributed by atoms with Crippen molar-refractivity contribution in [3.05, 3.63) is 34.9 Å². The van der Waals surface area contributed by atoms with Crippen molar-refractivity contribution in [2.75, 3.05) is 0 Å². The van der Waals surface area contributed by atoms with Gasteiger partial charge in [0, 0.05) is 33.1 Å². The van der Waals surface area contributed by atoms with Gasteiger partial charge in [-0.05, 0) is 66.2 Å². The van der Waals surface area contributed by atoms with Crippen LogP contribution in [0.5, 0.6) is 0 Å². The number of hydrogen-bond donors (Lipinski definition) is 0. The van der Waals surface area contributed by atoms with Gasteiger partial charge in [0.15, 0.2) is 0 Å². The largest absolute Gasteiger partial charge is 1.00 e. The Balaban J connectivity index is 0. The van der Waals surface area contributed by atoms with Crippen LogP contribution < -0.4 is 56.3 Å². The first kappa shape index (κ1) is 43.1. The molecule has 0 amide bonds. The van der Waals surface area contributed by atoms with E-state index in [0.29, 0.717) is 6.42 Å². The van der Waals surface area contributed by atoms with Gasteiger partial charge in [0.05, 0.1) is 0 Å². The van der Waals surface area contributed by atoms with Gasteiger partial charge in [-0.3, -0.25) is 9.59 Å². The Bertz CT molecular complexity index is 964. The van der Waals surface area contributed by atoms with Crippen LogP contribution in [0, 0.1) is 0 Å². The first-order chi connectivity index (χ1) is 18.5. The van der Waals surface area contributed by atoms with Gasteiger partial charge in [0.2, 0.25) is 17.6 Å². The minimum atomic E-state index is -5.20. The Morgan fingerprint density at radius 2 is 1.22 bits per heavy atom. The molecule has 10 nitrogen and oxygen atoms in total. The van der Waals surface area contributed by atoms with Crippen LogP contribution in [0.4, 0.5) is 0 Å². The van der Waals surface area contributed by atoms with E-state index in [-0.39, 0.29) is 77.1 Å². The van der Waals surface area contributed by atoms with E-state index in [1.807, 2.05) is 13.0 Å². The van der Waals surface area contributed by atoms with Gasteiger partial charge in [0.25, 0.3) is 7.94 Å². The number of esters is 2. The number of carbonyl (C=O) groups excluding carboxylic acids is 2. The average Bonchev–Trinajstić information content (AvgIpc) is 2.81. The molecule has 232 valence electrons. The normalized spacial score (nSPS) is 16.0. The predicted molar refractivity (Wildman–Crippen MR) is 154 cm³/mol. The second-order valence-electron chi connectivity index (χ2n) is 9.91. The number of hydrogen-bond acceptors (Lipinski definition) is 10. The maximum atomic E-state index is 13.7. The zero-order valence-corrected chi connectivity index (χ0v) is 31.1. The average molecular weight is 647 g/mol. The van der Waals surface area contributed by atoms with Crippen molar-refractivity contribution in [2.24, 2.45) is 0 Å². The number of allylic oxidation sites excluding steroid dienone is 6. The minimum absolute atomic E-state index is 0. The van der Waals surface area contributed by atoms with Gasteiger partial charge in [0.1, 0.15) is 10.1 Å². The molecule has 0 aromatic carbocycles. The van der Waals surface area contributed by atoms with E-state index in [4.69, 9.17) is 18.5 Å². The van der Waals surface area contributed by atoms with Gasteiger partial charge >= 0.3 is 63.3 Å². The summed E-state index contributed by atoms with van der Waals surface area (Å²) in [5, 5.41) is 0. The monoisotopic (exact) mass is 646 g/mol. The van der Waals surface area contributed by atoms with Gasteiger partial charge in [-0.1, -0.05) is 48.8 Å². The van der Waals surface area contributed by atoms with Crippen LogP contribution in [0.2, 0.25) is 0 Å². The fraction of sp³-hybridized carbons (Fsp3) is 0.714. The van der Waals surface area contributed by atoms with Crippen LogP contribution in [0.3, 0.4) is 0 Å². The summed E-state index contributed by atoms with van der Waals surface area (Å²) >= 11 is 0. The van der Waals surface area contributed by atoms with Crippen LogP contribution >= 0.6 is 7.94 Å². The summed E-state index contributed by atoms with van der Waals surface area (Å²) in [7, 11) is -9.99. The van der Waals surface area contributed by atoms with Crippen molar-refractivity contribution in [1.82, 2.24) is 0 Å². The molecule has 0 radical (unpaired) electrons. The van der Waals surface area contributed by atoms with Crippen molar-refractivity contribution in [1.29, 1.82) is 0 Å². The van der Waals surface area contributed by atoms with Crippen molar-refractivity contribution in [2.45, 2.75) is 131 Å². The first-order valence-electron chi connectivity index (χ1n) is 13.8. The number of rotatable bonds is 20. The second-order valence-corrected chi connectivity index (χ2v) is 13.9. The second kappa shape index (κ2) is 22.5. The van der Waals surface area contributed by atoms with Gasteiger partial charge in [-0.15, -0.1) is 0 Å². The van der Waals surface area contributed by atoms with Crippen LogP contribution in [-0.2, 0) is 38.2 Å². The molecule has 0 aromatic rings. The van der Waals surface area contributed by atoms with E-state index in [1.165, 1.54) is 38.8 Å². The fourth-order valence-corrected chi connectivity index (χ4v) is 7.35. The molecule has 13 heteroatoms. The summed E-state index contributed by atoms with van der Waals surface area (Å²) in [6.45, 7) is 13.8. The van der Waals surface area contributed by atoms with E-state index in [1.54, 1.807) is 0 Å². The molecule has 0 spiro atoms. The van der Waals surface area contributed by atoms with Gasteiger partial charge in [-0.25, -0.2) is 8.42 Å². The Kier molecular flexibility index (Phi) is 23.7. The topological polar surface area (TPSA) is 151 Å². The summed E-state index contributed by atoms with van der Waals surface area (Å²) in [5.41, 5.74) is 3.73. The third kappa shape index (κ3) is 20.6. The first-order valence-corrected chi connectivity index (χ1v) is 16.9. The van der Waals surface area contributed by atoms with E-state index in [9.17, 15) is 27.5 Å². The van der Waals surface area contributed by atoms with E-state index in [0.717, 1.165) is 31.3 Å². The van der Waals surface area contributed by atoms with Crippen molar-refractivity contribution in [3.8, 4) is 0 Å². The SMILES string of the molecule is CCC(=O)OC(C)O[P+]([O-])(OC(C)OC(=O)CC)C(CCC/C=C(\C)CC/C=C(\C)CCC=C(C)C)S(=O)(=O)[O-].[K+]. The zero-order valence-electron chi connectivity index (χ0n) is 26.3. The van der Waals surface area contributed by atoms with E-state index in [2.05, 4.69) is 32.9 Å². The Hall–Kier alpha value is 0.0164. The van der Waals surface area contributed by atoms with Crippen LogP contribution in [0.15, 0.2) is 34.9 Å². The quantitative estimate of drug-likeness (QED) is 0.0367. The maximum absolute atomic E-state index is 13.7. The molecule has 0 rings (SSSR count). The van der Waals surface area contributed by atoms with E-state index >= 15 is 0 Å². The summed E-state index contributed by atoms with van der Waals surface area (Å²) in [5.74, 6) is -1.38. The minimum Gasteiger partial charge on any atom is -0.745 e. The number of unbranched alkanes of at least 4 members (excludes halogenated alkanes) is 1. The van der Waals surface area contributed by atoms with Crippen molar-refractivity contribution in [3.63, 3.8) is 0 Å². The smallest absolute Gasteiger partial charge is 0.745 e. The fourth-order valence-electron chi connectivity index (χ4n) is 3.59. The van der Waals surface area contributed by atoms with Crippen molar-refractivity contribution < 1.29 is 97.4 Å². The molecule has 41 heavy (non-hydrogen) atoms. The molecule has 0 saturated heterocycles. The third-order valence-corrected chi connectivity index (χ3v) is 10.3. The van der Waals surface area contributed by atoms with Crippen LogP contribution in [0.25, 0.3) is 0 Å². The van der Waals surface area contributed by atoms with Crippen LogP contribution in [0.1, 0.15) is 113 Å².